The molecule has 0 heterocycles. The highest BCUT2D eigenvalue weighted by atomic mass is 35.5. The second kappa shape index (κ2) is 9.94. The van der Waals surface area contributed by atoms with Crippen LogP contribution in [-0.2, 0) is 19.0 Å². The summed E-state index contributed by atoms with van der Waals surface area (Å²) in [4.78, 5) is 12.1. The first-order valence-corrected chi connectivity index (χ1v) is 8.23. The lowest BCUT2D eigenvalue weighted by molar-refractivity contribution is -0.175. The molecule has 0 bridgehead atoms. The molecule has 0 aromatic carbocycles. The Kier molecular flexibility index (Phi) is 10.00. The quantitative estimate of drug-likeness (QED) is 0.351. The van der Waals surface area contributed by atoms with Gasteiger partial charge in [0.15, 0.2) is 5.60 Å². The predicted molar refractivity (Wildman–Crippen MR) is 85.2 cm³/mol. The van der Waals surface area contributed by atoms with E-state index in [0.29, 0.717) is 18.9 Å². The van der Waals surface area contributed by atoms with E-state index in [0.717, 1.165) is 0 Å². The summed E-state index contributed by atoms with van der Waals surface area (Å²) in [5.74, 6) is 0.387. The minimum Gasteiger partial charge on any atom is -0.461 e. The highest BCUT2D eigenvalue weighted by Crippen LogP contribution is 2.19. The van der Waals surface area contributed by atoms with Gasteiger partial charge in [0.25, 0.3) is 0 Å². The molecule has 0 saturated carbocycles. The van der Waals surface area contributed by atoms with Crippen LogP contribution in [0.1, 0.15) is 41.0 Å². The third kappa shape index (κ3) is 7.78. The standard InChI is InChI=1S/C14H28ClO4P/c1-6-14(5,18-8-10(2)7-15)13(16)17-9-11(3)19-12(4)20/h10-12H,6-9,20H2,1-5H3. The first kappa shape index (κ1) is 20.1. The molecule has 0 aliphatic heterocycles. The molecule has 0 fully saturated rings. The Balaban J connectivity index is 4.31. The molecular weight excluding hydrogens is 299 g/mol. The van der Waals surface area contributed by atoms with Crippen molar-refractivity contribution in [2.75, 3.05) is 19.1 Å². The Bertz CT molecular complexity index is 288. The fraction of sp³-hybridized carbons (Fsp3) is 0.929. The van der Waals surface area contributed by atoms with Gasteiger partial charge < -0.3 is 14.2 Å². The first-order chi connectivity index (χ1) is 9.25. The molecule has 0 N–H and O–H groups in total. The molecule has 20 heavy (non-hydrogen) atoms. The van der Waals surface area contributed by atoms with Crippen LogP contribution in [0.3, 0.4) is 0 Å². The number of hydrogen-bond acceptors (Lipinski definition) is 4. The number of hydrogen-bond donors (Lipinski definition) is 0. The third-order valence-electron chi connectivity index (χ3n) is 2.95. The van der Waals surface area contributed by atoms with E-state index in [1.807, 2.05) is 27.7 Å². The zero-order valence-electron chi connectivity index (χ0n) is 13.1. The fourth-order valence-corrected chi connectivity index (χ4v) is 1.78. The molecule has 0 saturated heterocycles. The van der Waals surface area contributed by atoms with Gasteiger partial charge in [-0.25, -0.2) is 4.79 Å². The van der Waals surface area contributed by atoms with E-state index < -0.39 is 5.60 Å². The Morgan fingerprint density at radius 3 is 2.35 bits per heavy atom. The lowest BCUT2D eigenvalue weighted by Crippen LogP contribution is -2.41. The van der Waals surface area contributed by atoms with Crippen molar-refractivity contribution in [3.8, 4) is 0 Å². The van der Waals surface area contributed by atoms with E-state index in [2.05, 4.69) is 9.24 Å². The van der Waals surface area contributed by atoms with Crippen LogP contribution in [0.25, 0.3) is 0 Å². The average molecular weight is 327 g/mol. The number of esters is 1. The maximum absolute atomic E-state index is 12.1. The summed E-state index contributed by atoms with van der Waals surface area (Å²) in [7, 11) is 2.54. The Hall–Kier alpha value is 0.110. The lowest BCUT2D eigenvalue weighted by atomic mass is 10.0. The molecule has 0 rings (SSSR count). The highest BCUT2D eigenvalue weighted by Gasteiger charge is 2.34. The molecular formula is C14H28ClO4P. The van der Waals surface area contributed by atoms with Crippen molar-refractivity contribution >= 4 is 26.8 Å². The maximum Gasteiger partial charge on any atom is 0.338 e. The van der Waals surface area contributed by atoms with Gasteiger partial charge in [-0.3, -0.25) is 0 Å². The van der Waals surface area contributed by atoms with Gasteiger partial charge >= 0.3 is 5.97 Å². The van der Waals surface area contributed by atoms with Crippen LogP contribution < -0.4 is 0 Å². The van der Waals surface area contributed by atoms with Crippen molar-refractivity contribution < 1.29 is 19.0 Å². The topological polar surface area (TPSA) is 44.8 Å². The molecule has 0 aromatic rings. The van der Waals surface area contributed by atoms with E-state index in [1.54, 1.807) is 6.92 Å². The summed E-state index contributed by atoms with van der Waals surface area (Å²) < 4.78 is 16.5. The van der Waals surface area contributed by atoms with Gasteiger partial charge in [0.2, 0.25) is 0 Å². The van der Waals surface area contributed by atoms with Crippen molar-refractivity contribution in [2.45, 2.75) is 58.6 Å². The van der Waals surface area contributed by atoms with Gasteiger partial charge in [-0.05, 0) is 33.1 Å². The lowest BCUT2D eigenvalue weighted by Gasteiger charge is -2.28. The normalized spacial score (nSPS) is 18.9. The molecule has 4 nitrogen and oxygen atoms in total. The predicted octanol–water partition coefficient (Wildman–Crippen LogP) is 3.22. The van der Waals surface area contributed by atoms with E-state index in [4.69, 9.17) is 25.8 Å². The molecule has 0 aliphatic rings. The molecule has 120 valence electrons. The number of carbonyl (C=O) groups excluding carboxylic acids is 1. The molecule has 0 amide bonds. The third-order valence-corrected chi connectivity index (χ3v) is 3.64. The van der Waals surface area contributed by atoms with Crippen LogP contribution in [0.2, 0.25) is 0 Å². The van der Waals surface area contributed by atoms with E-state index in [-0.39, 0.29) is 30.4 Å². The van der Waals surface area contributed by atoms with Crippen LogP contribution in [0.4, 0.5) is 0 Å². The van der Waals surface area contributed by atoms with Crippen LogP contribution in [0, 0.1) is 5.92 Å². The van der Waals surface area contributed by atoms with Crippen molar-refractivity contribution in [2.24, 2.45) is 5.92 Å². The first-order valence-electron chi connectivity index (χ1n) is 7.03. The Morgan fingerprint density at radius 2 is 1.90 bits per heavy atom. The van der Waals surface area contributed by atoms with Gasteiger partial charge in [-0.15, -0.1) is 20.8 Å². The van der Waals surface area contributed by atoms with Crippen LogP contribution in [0.15, 0.2) is 0 Å². The minimum absolute atomic E-state index is 0.0297. The van der Waals surface area contributed by atoms with Crippen LogP contribution in [-0.4, -0.2) is 42.6 Å². The summed E-state index contributed by atoms with van der Waals surface area (Å²) in [6, 6.07) is 0. The fourth-order valence-electron chi connectivity index (χ4n) is 1.43. The van der Waals surface area contributed by atoms with E-state index >= 15 is 0 Å². The van der Waals surface area contributed by atoms with Gasteiger partial charge in [0.05, 0.1) is 18.6 Å². The van der Waals surface area contributed by atoms with Crippen molar-refractivity contribution in [1.29, 1.82) is 0 Å². The average Bonchev–Trinajstić information content (AvgIpc) is 2.40. The van der Waals surface area contributed by atoms with Gasteiger partial charge in [-0.2, -0.15) is 0 Å². The van der Waals surface area contributed by atoms with E-state index in [9.17, 15) is 4.79 Å². The van der Waals surface area contributed by atoms with Gasteiger partial charge in [0.1, 0.15) is 6.61 Å². The van der Waals surface area contributed by atoms with Crippen LogP contribution >= 0.6 is 20.8 Å². The molecule has 0 spiro atoms. The number of alkyl halides is 1. The number of carbonyl (C=O) groups is 1. The maximum atomic E-state index is 12.1. The summed E-state index contributed by atoms with van der Waals surface area (Å²) in [6.07, 6.45) is 0.408. The number of rotatable bonds is 10. The monoisotopic (exact) mass is 326 g/mol. The molecule has 5 unspecified atom stereocenters. The Labute approximate surface area is 130 Å². The summed E-state index contributed by atoms with van der Waals surface area (Å²) in [6.45, 7) is 10.1. The summed E-state index contributed by atoms with van der Waals surface area (Å²) in [5, 5.41) is 0. The van der Waals surface area contributed by atoms with Crippen molar-refractivity contribution in [3.05, 3.63) is 0 Å². The minimum atomic E-state index is -0.924. The zero-order valence-corrected chi connectivity index (χ0v) is 15.1. The second-order valence-electron chi connectivity index (χ2n) is 5.41. The van der Waals surface area contributed by atoms with Gasteiger partial charge in [-0.1, -0.05) is 13.8 Å². The van der Waals surface area contributed by atoms with Crippen molar-refractivity contribution in [3.63, 3.8) is 0 Å². The number of halogens is 1. The molecule has 0 radical (unpaired) electrons. The van der Waals surface area contributed by atoms with Crippen LogP contribution in [0.5, 0.6) is 0 Å². The zero-order chi connectivity index (χ0) is 15.8. The van der Waals surface area contributed by atoms with Gasteiger partial charge in [0, 0.05) is 5.88 Å². The van der Waals surface area contributed by atoms with E-state index in [1.165, 1.54) is 0 Å². The molecule has 0 aliphatic carbocycles. The Morgan fingerprint density at radius 1 is 1.30 bits per heavy atom. The molecule has 5 atom stereocenters. The molecule has 0 aromatic heterocycles. The summed E-state index contributed by atoms with van der Waals surface area (Å²) >= 11 is 5.74. The second-order valence-corrected chi connectivity index (χ2v) is 6.65. The SMILES string of the molecule is CCC(C)(OCC(C)CCl)C(=O)OCC(C)OC(C)P. The number of ether oxygens (including phenoxy) is 3. The van der Waals surface area contributed by atoms with Crippen molar-refractivity contribution in [1.82, 2.24) is 0 Å². The highest BCUT2D eigenvalue weighted by molar-refractivity contribution is 7.17. The largest absolute Gasteiger partial charge is 0.461 e. The smallest absolute Gasteiger partial charge is 0.338 e. The summed E-state index contributed by atoms with van der Waals surface area (Å²) in [5.41, 5.74) is -0.924. The molecule has 6 heteroatoms.